The number of pyridine rings is 1. The van der Waals surface area contributed by atoms with Crippen LogP contribution in [0.4, 0.5) is 5.69 Å². The van der Waals surface area contributed by atoms with Crippen LogP contribution in [0.5, 0.6) is 5.75 Å². The van der Waals surface area contributed by atoms with E-state index in [1.165, 1.54) is 4.90 Å². The van der Waals surface area contributed by atoms with E-state index in [0.717, 1.165) is 40.0 Å². The summed E-state index contributed by atoms with van der Waals surface area (Å²) in [7, 11) is 1.69. The summed E-state index contributed by atoms with van der Waals surface area (Å²) in [4.78, 5) is 31.6. The lowest BCUT2D eigenvalue weighted by atomic mass is 9.91. The number of methoxy groups -OCH3 is 1. The van der Waals surface area contributed by atoms with E-state index in [-0.39, 0.29) is 23.3 Å². The van der Waals surface area contributed by atoms with E-state index < -0.39 is 0 Å². The Morgan fingerprint density at radius 3 is 2.29 bits per heavy atom. The van der Waals surface area contributed by atoms with Crippen LogP contribution in [0.15, 0.2) is 42.5 Å². The maximum absolute atomic E-state index is 12.6. The first kappa shape index (κ1) is 23.7. The molecule has 0 saturated heterocycles. The van der Waals surface area contributed by atoms with Gasteiger partial charge in [-0.25, -0.2) is 4.98 Å². The molecule has 4 rings (SSSR count). The molecule has 6 nitrogen and oxygen atoms in total. The predicted molar refractivity (Wildman–Crippen MR) is 136 cm³/mol. The van der Waals surface area contributed by atoms with E-state index >= 15 is 0 Å². The van der Waals surface area contributed by atoms with Crippen LogP contribution in [0.1, 0.15) is 72.5 Å². The third-order valence-electron chi connectivity index (χ3n) is 6.39. The van der Waals surface area contributed by atoms with Crippen molar-refractivity contribution < 1.29 is 14.3 Å². The third kappa shape index (κ3) is 4.37. The van der Waals surface area contributed by atoms with Gasteiger partial charge in [-0.15, -0.1) is 0 Å². The van der Waals surface area contributed by atoms with Gasteiger partial charge >= 0.3 is 0 Å². The lowest BCUT2D eigenvalue weighted by Crippen LogP contribution is -2.31. The van der Waals surface area contributed by atoms with Crippen molar-refractivity contribution >= 4 is 28.4 Å². The summed E-state index contributed by atoms with van der Waals surface area (Å²) < 4.78 is 5.68. The molecule has 0 spiro atoms. The Labute approximate surface area is 201 Å². The Kier molecular flexibility index (Phi) is 6.34. The lowest BCUT2D eigenvalue weighted by molar-refractivity contribution is 0.0651. The van der Waals surface area contributed by atoms with Crippen molar-refractivity contribution in [3.05, 3.63) is 64.8 Å². The van der Waals surface area contributed by atoms with Crippen LogP contribution in [-0.4, -0.2) is 41.4 Å². The van der Waals surface area contributed by atoms with Crippen molar-refractivity contribution in [3.8, 4) is 5.75 Å². The zero-order valence-corrected chi connectivity index (χ0v) is 20.9. The molecule has 34 heavy (non-hydrogen) atoms. The zero-order valence-electron chi connectivity index (χ0n) is 20.9. The second-order valence-electron chi connectivity index (χ2n) is 10.1. The van der Waals surface area contributed by atoms with Gasteiger partial charge in [0, 0.05) is 29.1 Å². The van der Waals surface area contributed by atoms with E-state index in [2.05, 4.69) is 51.2 Å². The highest BCUT2D eigenvalue weighted by molar-refractivity contribution is 6.21. The first-order chi connectivity index (χ1) is 16.1. The summed E-state index contributed by atoms with van der Waals surface area (Å²) in [5, 5.41) is 4.60. The van der Waals surface area contributed by atoms with Crippen molar-refractivity contribution in [1.29, 1.82) is 0 Å². The average molecular weight is 460 g/mol. The monoisotopic (exact) mass is 459 g/mol. The molecule has 0 aliphatic carbocycles. The standard InChI is InChI=1S/C28H33N3O3/c1-17-16-22(24-21(25(17)34-6)13-14-23(30-24)28(3,4)5)29-18(2)10-9-15-31-26(32)19-11-7-8-12-20(19)27(31)33/h7-8,11-14,16,18,29H,9-10,15H2,1-6H3. The summed E-state index contributed by atoms with van der Waals surface area (Å²) in [5.74, 6) is 0.445. The third-order valence-corrected chi connectivity index (χ3v) is 6.39. The van der Waals surface area contributed by atoms with Crippen LogP contribution in [0.2, 0.25) is 0 Å². The number of carbonyl (C=O) groups excluding carboxylic acids is 2. The minimum Gasteiger partial charge on any atom is -0.496 e. The van der Waals surface area contributed by atoms with E-state index in [1.54, 1.807) is 31.4 Å². The Balaban J connectivity index is 1.49. The summed E-state index contributed by atoms with van der Waals surface area (Å²) in [6.45, 7) is 11.0. The molecule has 0 radical (unpaired) electrons. The number of carbonyl (C=O) groups is 2. The van der Waals surface area contributed by atoms with Gasteiger partial charge in [-0.1, -0.05) is 32.9 Å². The van der Waals surface area contributed by atoms with Crippen LogP contribution in [0.25, 0.3) is 10.9 Å². The number of hydrogen-bond acceptors (Lipinski definition) is 5. The molecule has 1 aromatic heterocycles. The molecule has 1 aliphatic heterocycles. The van der Waals surface area contributed by atoms with Gasteiger partial charge in [0.25, 0.3) is 11.8 Å². The number of nitrogens with zero attached hydrogens (tertiary/aromatic N) is 2. The van der Waals surface area contributed by atoms with Crippen molar-refractivity contribution in [2.75, 3.05) is 19.0 Å². The fourth-order valence-electron chi connectivity index (χ4n) is 4.54. The molecule has 2 heterocycles. The van der Waals surface area contributed by atoms with Gasteiger partial charge in [0.1, 0.15) is 5.75 Å². The quantitative estimate of drug-likeness (QED) is 0.457. The first-order valence-corrected chi connectivity index (χ1v) is 11.8. The number of amides is 2. The van der Waals surface area contributed by atoms with Gasteiger partial charge in [0.2, 0.25) is 0 Å². The number of fused-ring (bicyclic) bond motifs is 2. The molecule has 1 atom stereocenters. The smallest absolute Gasteiger partial charge is 0.261 e. The van der Waals surface area contributed by atoms with E-state index in [0.29, 0.717) is 24.1 Å². The second kappa shape index (κ2) is 9.09. The van der Waals surface area contributed by atoms with E-state index in [1.807, 2.05) is 6.92 Å². The van der Waals surface area contributed by atoms with Crippen LogP contribution >= 0.6 is 0 Å². The van der Waals surface area contributed by atoms with Gasteiger partial charge in [0.15, 0.2) is 0 Å². The molecular weight excluding hydrogens is 426 g/mol. The van der Waals surface area contributed by atoms with Gasteiger partial charge in [0.05, 0.1) is 29.4 Å². The molecule has 1 unspecified atom stereocenters. The summed E-state index contributed by atoms with van der Waals surface area (Å²) in [6, 6.07) is 13.4. The molecule has 178 valence electrons. The fraction of sp³-hybridized carbons (Fsp3) is 0.393. The van der Waals surface area contributed by atoms with Crippen LogP contribution in [0.3, 0.4) is 0 Å². The minimum absolute atomic E-state index is 0.0679. The molecule has 1 N–H and O–H groups in total. The maximum atomic E-state index is 12.6. The van der Waals surface area contributed by atoms with E-state index in [4.69, 9.17) is 9.72 Å². The Morgan fingerprint density at radius 2 is 1.71 bits per heavy atom. The summed E-state index contributed by atoms with van der Waals surface area (Å²) >= 11 is 0. The first-order valence-electron chi connectivity index (χ1n) is 11.8. The maximum Gasteiger partial charge on any atom is 0.261 e. The predicted octanol–water partition coefficient (Wildman–Crippen LogP) is 5.73. The van der Waals surface area contributed by atoms with Crippen LogP contribution in [0, 0.1) is 6.92 Å². The Hall–Kier alpha value is -3.41. The molecule has 1 aliphatic rings. The zero-order chi connectivity index (χ0) is 24.6. The van der Waals surface area contributed by atoms with Crippen molar-refractivity contribution in [1.82, 2.24) is 9.88 Å². The topological polar surface area (TPSA) is 71.5 Å². The highest BCUT2D eigenvalue weighted by Crippen LogP contribution is 2.36. The van der Waals surface area contributed by atoms with Crippen molar-refractivity contribution in [3.63, 3.8) is 0 Å². The van der Waals surface area contributed by atoms with Crippen LogP contribution in [-0.2, 0) is 5.41 Å². The molecule has 0 fully saturated rings. The van der Waals surface area contributed by atoms with Gasteiger partial charge in [-0.05, 0) is 62.6 Å². The number of aryl methyl sites for hydroxylation is 1. The number of nitrogens with one attached hydrogen (secondary N) is 1. The minimum atomic E-state index is -0.197. The van der Waals surface area contributed by atoms with Gasteiger partial charge in [-0.3, -0.25) is 14.5 Å². The number of imide groups is 1. The number of ether oxygens (including phenoxy) is 1. The number of benzene rings is 2. The van der Waals surface area contributed by atoms with Crippen LogP contribution < -0.4 is 10.1 Å². The molecule has 2 amide bonds. The molecule has 2 aromatic carbocycles. The number of aromatic nitrogens is 1. The van der Waals surface area contributed by atoms with Crippen molar-refractivity contribution in [2.45, 2.75) is 58.9 Å². The Bertz CT molecular complexity index is 1220. The number of hydrogen-bond donors (Lipinski definition) is 1. The molecule has 6 heteroatoms. The van der Waals surface area contributed by atoms with Crippen molar-refractivity contribution in [2.24, 2.45) is 0 Å². The van der Waals surface area contributed by atoms with E-state index in [9.17, 15) is 9.59 Å². The summed E-state index contributed by atoms with van der Waals surface area (Å²) in [6.07, 6.45) is 1.52. The van der Waals surface area contributed by atoms with Gasteiger partial charge < -0.3 is 10.1 Å². The normalized spacial score (nSPS) is 14.5. The molecule has 0 bridgehead atoms. The number of anilines is 1. The fourth-order valence-corrected chi connectivity index (χ4v) is 4.54. The molecule has 3 aromatic rings. The number of rotatable bonds is 7. The Morgan fingerprint density at radius 1 is 1.06 bits per heavy atom. The largest absolute Gasteiger partial charge is 0.496 e. The lowest BCUT2D eigenvalue weighted by Gasteiger charge is -2.22. The highest BCUT2D eigenvalue weighted by atomic mass is 16.5. The molecular formula is C28H33N3O3. The second-order valence-corrected chi connectivity index (χ2v) is 10.1. The SMILES string of the molecule is COc1c(C)cc(NC(C)CCCN2C(=O)c3ccccc3C2=O)c2nc(C(C)(C)C)ccc12. The summed E-state index contributed by atoms with van der Waals surface area (Å²) in [5.41, 5.74) is 4.85. The van der Waals surface area contributed by atoms with Gasteiger partial charge in [-0.2, -0.15) is 0 Å². The highest BCUT2D eigenvalue weighted by Gasteiger charge is 2.34. The average Bonchev–Trinajstić information content (AvgIpc) is 3.03. The molecule has 0 saturated carbocycles.